The number of carbonyl (C=O) groups is 1. The zero-order chi connectivity index (χ0) is 15.9. The summed E-state index contributed by atoms with van der Waals surface area (Å²) in [6.45, 7) is 0. The highest BCUT2D eigenvalue weighted by molar-refractivity contribution is 7.80. The molecule has 1 amide bonds. The van der Waals surface area contributed by atoms with Gasteiger partial charge in [-0.3, -0.25) is 15.6 Å². The number of hydrazine groups is 1. The van der Waals surface area contributed by atoms with E-state index in [4.69, 9.17) is 17.0 Å². The van der Waals surface area contributed by atoms with Crippen molar-refractivity contribution in [1.82, 2.24) is 10.9 Å². The van der Waals surface area contributed by atoms with E-state index in [9.17, 15) is 9.18 Å². The van der Waals surface area contributed by atoms with E-state index in [0.717, 1.165) is 0 Å². The van der Waals surface area contributed by atoms with Crippen LogP contribution in [0.1, 0.15) is 10.4 Å². The number of halogens is 1. The van der Waals surface area contributed by atoms with Crippen molar-refractivity contribution in [2.75, 3.05) is 12.4 Å². The van der Waals surface area contributed by atoms with Crippen LogP contribution < -0.4 is 20.9 Å². The second kappa shape index (κ2) is 7.37. The quantitative estimate of drug-likeness (QED) is 0.599. The zero-order valence-electron chi connectivity index (χ0n) is 11.7. The standard InChI is InChI=1S/C15H14FN3O2S/c1-21-13-8-2-10(3-9-13)14(20)18-19-15(22)17-12-6-4-11(16)5-7-12/h2-9H,1H3,(H,18,20)(H2,17,19,22). The molecule has 0 fully saturated rings. The minimum Gasteiger partial charge on any atom is -0.497 e. The number of hydrogen-bond acceptors (Lipinski definition) is 3. The highest BCUT2D eigenvalue weighted by Crippen LogP contribution is 2.11. The van der Waals surface area contributed by atoms with Crippen molar-refractivity contribution >= 4 is 28.9 Å². The summed E-state index contributed by atoms with van der Waals surface area (Å²) in [5.41, 5.74) is 6.09. The van der Waals surface area contributed by atoms with Crippen molar-refractivity contribution in [3.63, 3.8) is 0 Å². The molecule has 2 aromatic rings. The molecule has 22 heavy (non-hydrogen) atoms. The Morgan fingerprint density at radius 1 is 1.05 bits per heavy atom. The lowest BCUT2D eigenvalue weighted by Crippen LogP contribution is -2.43. The van der Waals surface area contributed by atoms with Gasteiger partial charge in [-0.1, -0.05) is 0 Å². The molecular formula is C15H14FN3O2S. The third-order valence-corrected chi connectivity index (χ3v) is 2.95. The van der Waals surface area contributed by atoms with Crippen LogP contribution in [0.5, 0.6) is 5.75 Å². The summed E-state index contributed by atoms with van der Waals surface area (Å²) < 4.78 is 17.8. The molecule has 114 valence electrons. The molecule has 0 unspecified atom stereocenters. The van der Waals surface area contributed by atoms with Gasteiger partial charge in [0.05, 0.1) is 7.11 Å². The van der Waals surface area contributed by atoms with Gasteiger partial charge in [0, 0.05) is 11.3 Å². The number of thiocarbonyl (C=S) groups is 1. The average Bonchev–Trinajstić information content (AvgIpc) is 2.55. The van der Waals surface area contributed by atoms with Crippen LogP contribution in [-0.2, 0) is 0 Å². The predicted molar refractivity (Wildman–Crippen MR) is 86.2 cm³/mol. The summed E-state index contributed by atoms with van der Waals surface area (Å²) in [4.78, 5) is 11.9. The molecule has 2 aromatic carbocycles. The van der Waals surface area contributed by atoms with Gasteiger partial charge in [0.15, 0.2) is 5.11 Å². The van der Waals surface area contributed by atoms with Crippen LogP contribution in [0.4, 0.5) is 10.1 Å². The monoisotopic (exact) mass is 319 g/mol. The number of carbonyl (C=O) groups excluding carboxylic acids is 1. The largest absolute Gasteiger partial charge is 0.497 e. The topological polar surface area (TPSA) is 62.4 Å². The van der Waals surface area contributed by atoms with E-state index in [-0.39, 0.29) is 16.8 Å². The van der Waals surface area contributed by atoms with Gasteiger partial charge in [0.25, 0.3) is 5.91 Å². The molecule has 0 aliphatic carbocycles. The molecule has 3 N–H and O–H groups in total. The highest BCUT2D eigenvalue weighted by Gasteiger charge is 2.06. The van der Waals surface area contributed by atoms with Crippen LogP contribution in [0.2, 0.25) is 0 Å². The second-order valence-corrected chi connectivity index (χ2v) is 4.68. The molecule has 0 aliphatic heterocycles. The zero-order valence-corrected chi connectivity index (χ0v) is 12.5. The third-order valence-electron chi connectivity index (χ3n) is 2.74. The molecule has 0 atom stereocenters. The summed E-state index contributed by atoms with van der Waals surface area (Å²) >= 11 is 5.03. The molecule has 0 aromatic heterocycles. The summed E-state index contributed by atoms with van der Waals surface area (Å²) in [5.74, 6) is -0.0128. The Morgan fingerprint density at radius 2 is 1.68 bits per heavy atom. The SMILES string of the molecule is COc1ccc(C(=O)NNC(=S)Nc2ccc(F)cc2)cc1. The van der Waals surface area contributed by atoms with Gasteiger partial charge in [-0.15, -0.1) is 0 Å². The highest BCUT2D eigenvalue weighted by atomic mass is 32.1. The molecule has 7 heteroatoms. The van der Waals surface area contributed by atoms with Gasteiger partial charge in [-0.05, 0) is 60.7 Å². The van der Waals surface area contributed by atoms with E-state index in [1.807, 2.05) is 0 Å². The van der Waals surface area contributed by atoms with Gasteiger partial charge in [-0.2, -0.15) is 0 Å². The lowest BCUT2D eigenvalue weighted by atomic mass is 10.2. The first-order chi connectivity index (χ1) is 10.6. The van der Waals surface area contributed by atoms with Crippen LogP contribution in [0.15, 0.2) is 48.5 Å². The van der Waals surface area contributed by atoms with Crippen molar-refractivity contribution < 1.29 is 13.9 Å². The Hall–Kier alpha value is -2.67. The molecule has 0 bridgehead atoms. The maximum Gasteiger partial charge on any atom is 0.269 e. The van der Waals surface area contributed by atoms with E-state index in [1.165, 1.54) is 24.3 Å². The van der Waals surface area contributed by atoms with Crippen molar-refractivity contribution in [3.05, 3.63) is 59.9 Å². The normalized spacial score (nSPS) is 9.73. The molecule has 0 radical (unpaired) electrons. The number of amides is 1. The van der Waals surface area contributed by atoms with Crippen LogP contribution in [0.3, 0.4) is 0 Å². The van der Waals surface area contributed by atoms with Gasteiger partial charge in [0.1, 0.15) is 11.6 Å². The van der Waals surface area contributed by atoms with Gasteiger partial charge >= 0.3 is 0 Å². The number of nitrogens with one attached hydrogen (secondary N) is 3. The van der Waals surface area contributed by atoms with E-state index >= 15 is 0 Å². The molecular weight excluding hydrogens is 305 g/mol. The van der Waals surface area contributed by atoms with Crippen molar-refractivity contribution in [1.29, 1.82) is 0 Å². The van der Waals surface area contributed by atoms with Crippen LogP contribution in [-0.4, -0.2) is 18.1 Å². The molecule has 0 saturated carbocycles. The fourth-order valence-electron chi connectivity index (χ4n) is 1.62. The van der Waals surface area contributed by atoms with Gasteiger partial charge < -0.3 is 10.1 Å². The summed E-state index contributed by atoms with van der Waals surface area (Å²) in [7, 11) is 1.55. The number of hydrogen-bond donors (Lipinski definition) is 3. The average molecular weight is 319 g/mol. The van der Waals surface area contributed by atoms with E-state index in [2.05, 4.69) is 16.2 Å². The van der Waals surface area contributed by atoms with Crippen molar-refractivity contribution in [2.45, 2.75) is 0 Å². The first-order valence-electron chi connectivity index (χ1n) is 6.35. The van der Waals surface area contributed by atoms with Gasteiger partial charge in [0.2, 0.25) is 0 Å². The van der Waals surface area contributed by atoms with Crippen LogP contribution >= 0.6 is 12.2 Å². The molecule has 2 rings (SSSR count). The Bertz CT molecular complexity index is 659. The maximum atomic E-state index is 12.8. The van der Waals surface area contributed by atoms with Crippen molar-refractivity contribution in [2.24, 2.45) is 0 Å². The molecule has 0 spiro atoms. The first-order valence-corrected chi connectivity index (χ1v) is 6.76. The fourth-order valence-corrected chi connectivity index (χ4v) is 1.79. The Morgan fingerprint density at radius 3 is 2.27 bits per heavy atom. The van der Waals surface area contributed by atoms with E-state index in [1.54, 1.807) is 31.4 Å². The third kappa shape index (κ3) is 4.42. The summed E-state index contributed by atoms with van der Waals surface area (Å²) in [6, 6.07) is 12.3. The predicted octanol–water partition coefficient (Wildman–Crippen LogP) is 2.47. The smallest absolute Gasteiger partial charge is 0.269 e. The molecule has 5 nitrogen and oxygen atoms in total. The Kier molecular flexibility index (Phi) is 5.26. The van der Waals surface area contributed by atoms with Crippen molar-refractivity contribution in [3.8, 4) is 5.75 Å². The van der Waals surface area contributed by atoms with E-state index in [0.29, 0.717) is 17.0 Å². The number of anilines is 1. The molecule has 0 heterocycles. The minimum absolute atomic E-state index is 0.188. The maximum absolute atomic E-state index is 12.8. The number of methoxy groups -OCH3 is 1. The Labute approximate surface area is 132 Å². The summed E-state index contributed by atoms with van der Waals surface area (Å²) in [5, 5.41) is 3.00. The summed E-state index contributed by atoms with van der Waals surface area (Å²) in [6.07, 6.45) is 0. The number of rotatable bonds is 3. The number of benzene rings is 2. The van der Waals surface area contributed by atoms with Gasteiger partial charge in [-0.25, -0.2) is 4.39 Å². The number of ether oxygens (including phenoxy) is 1. The van der Waals surface area contributed by atoms with E-state index < -0.39 is 0 Å². The second-order valence-electron chi connectivity index (χ2n) is 4.27. The lowest BCUT2D eigenvalue weighted by Gasteiger charge is -2.11. The molecule has 0 saturated heterocycles. The fraction of sp³-hybridized carbons (Fsp3) is 0.0667. The first kappa shape index (κ1) is 15.7. The minimum atomic E-state index is -0.342. The van der Waals surface area contributed by atoms with Crippen LogP contribution in [0.25, 0.3) is 0 Å². The lowest BCUT2D eigenvalue weighted by molar-refractivity contribution is 0.0944. The Balaban J connectivity index is 1.84. The molecule has 0 aliphatic rings. The van der Waals surface area contributed by atoms with Crippen LogP contribution in [0, 0.1) is 5.82 Å².